The number of hydrogen-bond donors (Lipinski definition) is 2. The van der Waals surface area contributed by atoms with Crippen LogP contribution in [-0.4, -0.2) is 33.6 Å². The lowest BCUT2D eigenvalue weighted by atomic mass is 10.2. The van der Waals surface area contributed by atoms with E-state index in [4.69, 9.17) is 11.6 Å². The summed E-state index contributed by atoms with van der Waals surface area (Å²) >= 11 is 6.98. The molecule has 0 unspecified atom stereocenters. The summed E-state index contributed by atoms with van der Waals surface area (Å²) < 4.78 is 41.3. The number of rotatable bonds is 7. The van der Waals surface area contributed by atoms with E-state index in [0.29, 0.717) is 16.3 Å². The summed E-state index contributed by atoms with van der Waals surface area (Å²) in [6.07, 6.45) is -1.78. The number of carbonyl (C=O) groups excluding carboxylic acids is 1. The van der Waals surface area contributed by atoms with Crippen molar-refractivity contribution in [1.29, 1.82) is 0 Å². The van der Waals surface area contributed by atoms with Gasteiger partial charge in [-0.2, -0.15) is 13.2 Å². The molecule has 0 saturated heterocycles. The average Bonchev–Trinajstić information content (AvgIpc) is 3.08. The lowest BCUT2D eigenvalue weighted by Gasteiger charge is -2.11. The molecule has 0 bridgehead atoms. The van der Waals surface area contributed by atoms with Crippen molar-refractivity contribution in [2.24, 2.45) is 5.92 Å². The van der Waals surface area contributed by atoms with E-state index in [0.717, 1.165) is 34.6 Å². The molecule has 2 heterocycles. The number of benzene rings is 1. The van der Waals surface area contributed by atoms with Crippen molar-refractivity contribution in [3.8, 4) is 5.19 Å². The van der Waals surface area contributed by atoms with Gasteiger partial charge in [0, 0.05) is 23.6 Å². The van der Waals surface area contributed by atoms with Gasteiger partial charge in [0.05, 0.1) is 22.0 Å². The standard InChI is InChI=1S/C19H18ClF3N4O2S/c1-9(15-7-24-18(30-15)29-8-19(21,22)23)25-16(28)5-10-4-12(10)17-26-13-3-2-11(20)6-14(13)27-17/h2-3,6-7,9-10,12H,4-5,8H2,1H3,(H,25,28)(H,26,27)/t9-,10+,12+/m1/s1. The summed E-state index contributed by atoms with van der Waals surface area (Å²) in [5.41, 5.74) is 1.71. The SMILES string of the molecule is C[C@@H](NC(=O)C[C@@H]1C[C@@H]1c1nc2ccc(Cl)cc2[nH]1)c1cnc(OCC(F)(F)F)s1. The molecule has 1 fully saturated rings. The third-order valence-corrected chi connectivity index (χ3v) is 6.18. The van der Waals surface area contributed by atoms with Crippen LogP contribution in [0, 0.1) is 5.92 Å². The van der Waals surface area contributed by atoms with Crippen molar-refractivity contribution in [3.05, 3.63) is 40.1 Å². The van der Waals surface area contributed by atoms with Crippen LogP contribution in [0.2, 0.25) is 5.02 Å². The number of imidazole rings is 1. The predicted molar refractivity (Wildman–Crippen MR) is 107 cm³/mol. The number of ether oxygens (including phenoxy) is 1. The number of hydrogen-bond acceptors (Lipinski definition) is 5. The van der Waals surface area contributed by atoms with Gasteiger partial charge in [-0.1, -0.05) is 22.9 Å². The van der Waals surface area contributed by atoms with Gasteiger partial charge in [0.1, 0.15) is 5.82 Å². The Hall–Kier alpha value is -2.33. The molecule has 1 saturated carbocycles. The van der Waals surface area contributed by atoms with E-state index in [1.54, 1.807) is 13.0 Å². The Balaban J connectivity index is 1.28. The van der Waals surface area contributed by atoms with Gasteiger partial charge in [0.15, 0.2) is 6.61 Å². The van der Waals surface area contributed by atoms with Crippen LogP contribution in [0.15, 0.2) is 24.4 Å². The molecule has 0 spiro atoms. The molecule has 0 radical (unpaired) electrons. The fourth-order valence-corrected chi connectivity index (χ4v) is 4.21. The van der Waals surface area contributed by atoms with E-state index < -0.39 is 12.8 Å². The molecule has 0 aliphatic heterocycles. The van der Waals surface area contributed by atoms with Crippen molar-refractivity contribution < 1.29 is 22.7 Å². The Kier molecular flexibility index (Phi) is 5.63. The van der Waals surface area contributed by atoms with Crippen molar-refractivity contribution in [2.45, 2.75) is 37.9 Å². The molecule has 1 aliphatic carbocycles. The van der Waals surface area contributed by atoms with Crippen LogP contribution in [-0.2, 0) is 4.79 Å². The first-order valence-electron chi connectivity index (χ1n) is 9.28. The van der Waals surface area contributed by atoms with Crippen molar-refractivity contribution in [3.63, 3.8) is 0 Å². The van der Waals surface area contributed by atoms with Gasteiger partial charge in [0.2, 0.25) is 5.91 Å². The number of amides is 1. The number of H-pyrrole nitrogens is 1. The molecule has 160 valence electrons. The molecule has 4 rings (SSSR count). The van der Waals surface area contributed by atoms with E-state index in [-0.39, 0.29) is 29.0 Å². The van der Waals surface area contributed by atoms with Crippen LogP contribution in [0.1, 0.15) is 42.4 Å². The predicted octanol–water partition coefficient (Wildman–Crippen LogP) is 4.98. The number of alkyl halides is 3. The topological polar surface area (TPSA) is 79.9 Å². The number of carbonyl (C=O) groups is 1. The Bertz CT molecular complexity index is 1070. The van der Waals surface area contributed by atoms with E-state index in [1.165, 1.54) is 6.20 Å². The zero-order valence-electron chi connectivity index (χ0n) is 15.8. The molecular weight excluding hydrogens is 441 g/mol. The summed E-state index contributed by atoms with van der Waals surface area (Å²) in [6, 6.07) is 5.09. The van der Waals surface area contributed by atoms with Crippen molar-refractivity contribution in [2.75, 3.05) is 6.61 Å². The minimum atomic E-state index is -4.42. The maximum absolute atomic E-state index is 12.4. The van der Waals surface area contributed by atoms with Crippen molar-refractivity contribution >= 4 is 39.9 Å². The quantitative estimate of drug-likeness (QED) is 0.523. The molecule has 1 amide bonds. The van der Waals surface area contributed by atoms with Gasteiger partial charge in [-0.15, -0.1) is 0 Å². The molecular formula is C19H18ClF3N4O2S. The number of thiazole rings is 1. The van der Waals surface area contributed by atoms with Gasteiger partial charge in [-0.25, -0.2) is 9.97 Å². The van der Waals surface area contributed by atoms with Gasteiger partial charge < -0.3 is 15.0 Å². The summed E-state index contributed by atoms with van der Waals surface area (Å²) in [4.78, 5) is 24.7. The Labute approximate surface area is 178 Å². The molecule has 2 aromatic heterocycles. The van der Waals surface area contributed by atoms with Crippen LogP contribution >= 0.6 is 22.9 Å². The van der Waals surface area contributed by atoms with E-state index in [2.05, 4.69) is 25.0 Å². The number of fused-ring (bicyclic) bond motifs is 1. The second-order valence-corrected chi connectivity index (χ2v) is 8.77. The highest BCUT2D eigenvalue weighted by Gasteiger charge is 2.42. The third-order valence-electron chi connectivity index (χ3n) is 4.85. The molecule has 3 atom stereocenters. The highest BCUT2D eigenvalue weighted by atomic mass is 35.5. The third kappa shape index (κ3) is 5.04. The second kappa shape index (κ2) is 8.07. The second-order valence-electron chi connectivity index (χ2n) is 7.31. The number of nitrogens with zero attached hydrogens (tertiary/aromatic N) is 2. The lowest BCUT2D eigenvalue weighted by Crippen LogP contribution is -2.26. The molecule has 2 N–H and O–H groups in total. The first-order chi connectivity index (χ1) is 14.2. The highest BCUT2D eigenvalue weighted by molar-refractivity contribution is 7.13. The van der Waals surface area contributed by atoms with Crippen LogP contribution in [0.5, 0.6) is 5.19 Å². The molecule has 1 aliphatic rings. The van der Waals surface area contributed by atoms with Crippen LogP contribution < -0.4 is 10.1 Å². The van der Waals surface area contributed by atoms with E-state index >= 15 is 0 Å². The maximum atomic E-state index is 12.4. The fraction of sp³-hybridized carbons (Fsp3) is 0.421. The first-order valence-corrected chi connectivity index (χ1v) is 10.5. The summed E-state index contributed by atoms with van der Waals surface area (Å²) in [5.74, 6) is 1.12. The maximum Gasteiger partial charge on any atom is 0.422 e. The van der Waals surface area contributed by atoms with Gasteiger partial charge in [0.25, 0.3) is 5.19 Å². The van der Waals surface area contributed by atoms with E-state index in [1.807, 2.05) is 12.1 Å². The normalized spacial score (nSPS) is 19.6. The number of aromatic amines is 1. The van der Waals surface area contributed by atoms with Crippen molar-refractivity contribution in [1.82, 2.24) is 20.3 Å². The summed E-state index contributed by atoms with van der Waals surface area (Å²) in [7, 11) is 0. The smallest absolute Gasteiger partial charge is 0.422 e. The lowest BCUT2D eigenvalue weighted by molar-refractivity contribution is -0.153. The van der Waals surface area contributed by atoms with Crippen LogP contribution in [0.3, 0.4) is 0 Å². The monoisotopic (exact) mass is 458 g/mol. The highest BCUT2D eigenvalue weighted by Crippen LogP contribution is 2.48. The number of aromatic nitrogens is 3. The Morgan fingerprint density at radius 2 is 2.27 bits per heavy atom. The molecule has 3 aromatic rings. The average molecular weight is 459 g/mol. The molecule has 1 aromatic carbocycles. The Morgan fingerprint density at radius 3 is 3.03 bits per heavy atom. The minimum absolute atomic E-state index is 0.0735. The largest absolute Gasteiger partial charge is 0.460 e. The van der Waals surface area contributed by atoms with E-state index in [9.17, 15) is 18.0 Å². The van der Waals surface area contributed by atoms with Crippen LogP contribution in [0.25, 0.3) is 11.0 Å². The van der Waals surface area contributed by atoms with Crippen LogP contribution in [0.4, 0.5) is 13.2 Å². The Morgan fingerprint density at radius 1 is 1.47 bits per heavy atom. The zero-order chi connectivity index (χ0) is 21.5. The minimum Gasteiger partial charge on any atom is -0.460 e. The summed E-state index contributed by atoms with van der Waals surface area (Å²) in [5, 5.41) is 3.42. The van der Waals surface area contributed by atoms with Gasteiger partial charge in [-0.05, 0) is 37.5 Å². The van der Waals surface area contributed by atoms with Gasteiger partial charge >= 0.3 is 6.18 Å². The zero-order valence-corrected chi connectivity index (χ0v) is 17.4. The first kappa shape index (κ1) is 20.9. The number of nitrogens with one attached hydrogen (secondary N) is 2. The number of halogens is 4. The summed E-state index contributed by atoms with van der Waals surface area (Å²) in [6.45, 7) is 0.365. The molecule has 6 nitrogen and oxygen atoms in total. The molecule has 30 heavy (non-hydrogen) atoms. The molecule has 11 heteroatoms. The van der Waals surface area contributed by atoms with Gasteiger partial charge in [-0.3, -0.25) is 4.79 Å². The fourth-order valence-electron chi connectivity index (χ4n) is 3.28.